The molecule has 3 aromatic rings. The molecule has 0 radical (unpaired) electrons. The number of nitrogens with zero attached hydrogens (tertiary/aromatic N) is 1. The highest BCUT2D eigenvalue weighted by molar-refractivity contribution is 5.92. The van der Waals surface area contributed by atoms with Crippen LogP contribution >= 0.6 is 0 Å². The first kappa shape index (κ1) is 20.6. The van der Waals surface area contributed by atoms with Gasteiger partial charge >= 0.3 is 0 Å². The van der Waals surface area contributed by atoms with E-state index in [2.05, 4.69) is 41.7 Å². The number of aryl methyl sites for hydroxylation is 1. The molecule has 1 N–H and O–H groups in total. The first-order chi connectivity index (χ1) is 14.2. The lowest BCUT2D eigenvalue weighted by molar-refractivity contribution is -0.117. The number of amides is 1. The Kier molecular flexibility index (Phi) is 7.84. The lowest BCUT2D eigenvalue weighted by atomic mass is 10.1. The second kappa shape index (κ2) is 11.0. The molecule has 3 rings (SSSR count). The van der Waals surface area contributed by atoms with Crippen molar-refractivity contribution in [3.05, 3.63) is 96.1 Å². The summed E-state index contributed by atoms with van der Waals surface area (Å²) in [7, 11) is 1.94. The second-order valence-electron chi connectivity index (χ2n) is 7.17. The molecule has 0 spiro atoms. The van der Waals surface area contributed by atoms with Gasteiger partial charge in [0.25, 0.3) is 0 Å². The number of hydrogen-bond acceptors (Lipinski definition) is 3. The molecule has 0 aliphatic carbocycles. The van der Waals surface area contributed by atoms with Crippen molar-refractivity contribution in [1.82, 2.24) is 4.90 Å². The summed E-state index contributed by atoms with van der Waals surface area (Å²) in [5.74, 6) is 0.734. The molecule has 0 saturated carbocycles. The van der Waals surface area contributed by atoms with E-state index in [1.165, 1.54) is 11.1 Å². The summed E-state index contributed by atoms with van der Waals surface area (Å²) in [6.45, 7) is 1.71. The Morgan fingerprint density at radius 3 is 2.31 bits per heavy atom. The van der Waals surface area contributed by atoms with Crippen molar-refractivity contribution in [1.29, 1.82) is 0 Å². The fourth-order valence-electron chi connectivity index (χ4n) is 3.17. The smallest absolute Gasteiger partial charge is 0.238 e. The van der Waals surface area contributed by atoms with Crippen molar-refractivity contribution in [3.8, 4) is 5.75 Å². The number of anilines is 1. The average molecular weight is 389 g/mol. The van der Waals surface area contributed by atoms with Gasteiger partial charge in [-0.1, -0.05) is 66.7 Å². The van der Waals surface area contributed by atoms with Crippen LogP contribution in [0.15, 0.2) is 84.9 Å². The van der Waals surface area contributed by atoms with Gasteiger partial charge in [0.15, 0.2) is 0 Å². The van der Waals surface area contributed by atoms with E-state index in [0.29, 0.717) is 13.2 Å². The van der Waals surface area contributed by atoms with Crippen LogP contribution in [0.5, 0.6) is 5.75 Å². The first-order valence-corrected chi connectivity index (χ1v) is 9.98. The van der Waals surface area contributed by atoms with Gasteiger partial charge in [-0.3, -0.25) is 9.69 Å². The third kappa shape index (κ3) is 7.43. The van der Waals surface area contributed by atoms with Crippen LogP contribution in [-0.4, -0.2) is 31.0 Å². The Morgan fingerprint density at radius 2 is 1.59 bits per heavy atom. The van der Waals surface area contributed by atoms with E-state index < -0.39 is 0 Å². The molecule has 0 fully saturated rings. The fourth-order valence-corrected chi connectivity index (χ4v) is 3.17. The molecule has 0 heterocycles. The van der Waals surface area contributed by atoms with E-state index in [9.17, 15) is 4.79 Å². The lowest BCUT2D eigenvalue weighted by Crippen LogP contribution is -2.29. The Balaban J connectivity index is 1.42. The molecule has 4 nitrogen and oxygen atoms in total. The van der Waals surface area contributed by atoms with Crippen LogP contribution in [0.3, 0.4) is 0 Å². The summed E-state index contributed by atoms with van der Waals surface area (Å²) in [6, 6.07) is 28.1. The minimum atomic E-state index is -0.0374. The molecular formula is C25H28N2O2. The Morgan fingerprint density at radius 1 is 0.897 bits per heavy atom. The number of hydrogen-bond donors (Lipinski definition) is 1. The first-order valence-electron chi connectivity index (χ1n) is 9.98. The van der Waals surface area contributed by atoms with Gasteiger partial charge < -0.3 is 10.1 Å². The zero-order valence-corrected chi connectivity index (χ0v) is 16.9. The normalized spacial score (nSPS) is 10.7. The molecule has 0 atom stereocenters. The molecule has 0 aliphatic heterocycles. The standard InChI is InChI=1S/C25H28N2O2/c1-27(19-22-12-6-3-7-13-22)20-25(28)26-23-15-8-16-24(18-23)29-17-9-14-21-10-4-2-5-11-21/h2-8,10-13,15-16,18H,9,14,17,19-20H2,1H3,(H,26,28). The van der Waals surface area contributed by atoms with E-state index in [1.807, 2.05) is 60.5 Å². The number of carbonyl (C=O) groups is 1. The van der Waals surface area contributed by atoms with Crippen LogP contribution in [0.1, 0.15) is 17.5 Å². The second-order valence-corrected chi connectivity index (χ2v) is 7.17. The van der Waals surface area contributed by atoms with Crippen molar-refractivity contribution >= 4 is 11.6 Å². The number of ether oxygens (including phenoxy) is 1. The maximum atomic E-state index is 12.3. The Bertz CT molecular complexity index is 882. The van der Waals surface area contributed by atoms with Crippen molar-refractivity contribution in [2.45, 2.75) is 19.4 Å². The summed E-state index contributed by atoms with van der Waals surface area (Å²) in [4.78, 5) is 14.3. The van der Waals surface area contributed by atoms with Gasteiger partial charge in [0.05, 0.1) is 13.2 Å². The van der Waals surface area contributed by atoms with Gasteiger partial charge in [0.1, 0.15) is 5.75 Å². The molecule has 0 aromatic heterocycles. The topological polar surface area (TPSA) is 41.6 Å². The highest BCUT2D eigenvalue weighted by atomic mass is 16.5. The van der Waals surface area contributed by atoms with Crippen molar-refractivity contribution < 1.29 is 9.53 Å². The monoisotopic (exact) mass is 388 g/mol. The lowest BCUT2D eigenvalue weighted by Gasteiger charge is -2.16. The molecule has 1 amide bonds. The van der Waals surface area contributed by atoms with Crippen LogP contribution in [0.2, 0.25) is 0 Å². The van der Waals surface area contributed by atoms with Gasteiger partial charge in [-0.05, 0) is 43.1 Å². The molecule has 0 bridgehead atoms. The minimum Gasteiger partial charge on any atom is -0.494 e. The molecule has 0 aliphatic rings. The van der Waals surface area contributed by atoms with Crippen LogP contribution in [0.4, 0.5) is 5.69 Å². The summed E-state index contributed by atoms with van der Waals surface area (Å²) < 4.78 is 5.85. The summed E-state index contributed by atoms with van der Waals surface area (Å²) in [5.41, 5.74) is 3.26. The van der Waals surface area contributed by atoms with Crippen LogP contribution in [0, 0.1) is 0 Å². The third-order valence-corrected chi connectivity index (χ3v) is 4.55. The van der Waals surface area contributed by atoms with Crippen LogP contribution in [-0.2, 0) is 17.8 Å². The summed E-state index contributed by atoms with van der Waals surface area (Å²) in [5, 5.41) is 2.95. The number of rotatable bonds is 10. The van der Waals surface area contributed by atoms with Gasteiger partial charge in [0, 0.05) is 18.3 Å². The van der Waals surface area contributed by atoms with Crippen LogP contribution in [0.25, 0.3) is 0 Å². The maximum absolute atomic E-state index is 12.3. The molecule has 29 heavy (non-hydrogen) atoms. The number of nitrogens with one attached hydrogen (secondary N) is 1. The molecule has 0 saturated heterocycles. The molecule has 0 unspecified atom stereocenters. The van der Waals surface area contributed by atoms with E-state index in [4.69, 9.17) is 4.74 Å². The van der Waals surface area contributed by atoms with Crippen molar-refractivity contribution in [2.75, 3.05) is 25.5 Å². The number of likely N-dealkylation sites (N-methyl/N-ethyl adjacent to an activating group) is 1. The largest absolute Gasteiger partial charge is 0.494 e. The van der Waals surface area contributed by atoms with Gasteiger partial charge in [-0.2, -0.15) is 0 Å². The highest BCUT2D eigenvalue weighted by Gasteiger charge is 2.08. The quantitative estimate of drug-likeness (QED) is 0.509. The van der Waals surface area contributed by atoms with E-state index >= 15 is 0 Å². The zero-order valence-electron chi connectivity index (χ0n) is 16.9. The van der Waals surface area contributed by atoms with Gasteiger partial charge in [-0.15, -0.1) is 0 Å². The van der Waals surface area contributed by atoms with E-state index in [-0.39, 0.29) is 5.91 Å². The third-order valence-electron chi connectivity index (χ3n) is 4.55. The number of benzene rings is 3. The summed E-state index contributed by atoms with van der Waals surface area (Å²) in [6.07, 6.45) is 1.94. The SMILES string of the molecule is CN(CC(=O)Nc1cccc(OCCCc2ccccc2)c1)Cc1ccccc1. The van der Waals surface area contributed by atoms with Crippen molar-refractivity contribution in [2.24, 2.45) is 0 Å². The Labute approximate surface area is 173 Å². The zero-order chi connectivity index (χ0) is 20.3. The molecular weight excluding hydrogens is 360 g/mol. The maximum Gasteiger partial charge on any atom is 0.238 e. The van der Waals surface area contributed by atoms with E-state index in [0.717, 1.165) is 30.8 Å². The minimum absolute atomic E-state index is 0.0374. The Hall–Kier alpha value is -3.11. The molecule has 150 valence electrons. The molecule has 4 heteroatoms. The number of carbonyl (C=O) groups excluding carboxylic acids is 1. The predicted octanol–water partition coefficient (Wildman–Crippen LogP) is 4.77. The highest BCUT2D eigenvalue weighted by Crippen LogP contribution is 2.18. The van der Waals surface area contributed by atoms with Gasteiger partial charge in [0.2, 0.25) is 5.91 Å². The van der Waals surface area contributed by atoms with Crippen molar-refractivity contribution in [3.63, 3.8) is 0 Å². The fraction of sp³-hybridized carbons (Fsp3) is 0.240. The average Bonchev–Trinajstić information content (AvgIpc) is 2.73. The summed E-state index contributed by atoms with van der Waals surface area (Å²) >= 11 is 0. The van der Waals surface area contributed by atoms with E-state index in [1.54, 1.807) is 0 Å². The predicted molar refractivity (Wildman–Crippen MR) is 118 cm³/mol. The van der Waals surface area contributed by atoms with Crippen LogP contribution < -0.4 is 10.1 Å². The molecule has 3 aromatic carbocycles. The van der Waals surface area contributed by atoms with Gasteiger partial charge in [-0.25, -0.2) is 0 Å².